The van der Waals surface area contributed by atoms with Gasteiger partial charge >= 0.3 is 0 Å². The van der Waals surface area contributed by atoms with Crippen LogP contribution in [0.4, 0.5) is 0 Å². The summed E-state index contributed by atoms with van der Waals surface area (Å²) in [5.74, 6) is 0.991. The van der Waals surface area contributed by atoms with E-state index in [-0.39, 0.29) is 0 Å². The minimum absolute atomic E-state index is 0.293. The highest BCUT2D eigenvalue weighted by Gasteiger charge is 2.11. The number of benzene rings is 1. The lowest BCUT2D eigenvalue weighted by molar-refractivity contribution is 0.802. The van der Waals surface area contributed by atoms with Gasteiger partial charge in [-0.2, -0.15) is 11.8 Å². The fourth-order valence-corrected chi connectivity index (χ4v) is 2.54. The van der Waals surface area contributed by atoms with E-state index >= 15 is 0 Å². The Hall–Kier alpha value is 0.340. The summed E-state index contributed by atoms with van der Waals surface area (Å²) in [6.45, 7) is 6.66. The molecule has 0 radical (unpaired) electrons. The first-order chi connectivity index (χ1) is 6.38. The SMILES string of the molecule is CC(C)(C)SCc1cc(Cl)ccc1Br. The molecule has 1 aromatic rings. The van der Waals surface area contributed by atoms with Gasteiger partial charge in [-0.3, -0.25) is 0 Å². The van der Waals surface area contributed by atoms with Gasteiger partial charge in [-0.25, -0.2) is 0 Å². The number of halogens is 2. The van der Waals surface area contributed by atoms with Gasteiger partial charge in [0.05, 0.1) is 0 Å². The summed E-state index contributed by atoms with van der Waals surface area (Å²) in [7, 11) is 0. The Balaban J connectivity index is 2.72. The molecule has 0 nitrogen and oxygen atoms in total. The molecule has 0 aliphatic heterocycles. The van der Waals surface area contributed by atoms with Gasteiger partial charge in [-0.05, 0) is 23.8 Å². The molecular weight excluding hydrogens is 280 g/mol. The van der Waals surface area contributed by atoms with Gasteiger partial charge in [0.2, 0.25) is 0 Å². The van der Waals surface area contributed by atoms with E-state index in [9.17, 15) is 0 Å². The van der Waals surface area contributed by atoms with Crippen LogP contribution in [0.1, 0.15) is 26.3 Å². The van der Waals surface area contributed by atoms with Gasteiger partial charge < -0.3 is 0 Å². The Bertz CT molecular complexity index is 318. The van der Waals surface area contributed by atoms with Crippen LogP contribution in [-0.2, 0) is 5.75 Å². The predicted octanol–water partition coefficient (Wildman–Crippen LogP) is 5.13. The van der Waals surface area contributed by atoms with Crippen molar-refractivity contribution in [1.29, 1.82) is 0 Å². The lowest BCUT2D eigenvalue weighted by Crippen LogP contribution is -2.07. The average Bonchev–Trinajstić information content (AvgIpc) is 2.05. The van der Waals surface area contributed by atoms with Gasteiger partial charge in [0.1, 0.15) is 0 Å². The molecule has 0 unspecified atom stereocenters. The average molecular weight is 294 g/mol. The molecule has 0 aliphatic carbocycles. The van der Waals surface area contributed by atoms with Crippen molar-refractivity contribution >= 4 is 39.3 Å². The van der Waals surface area contributed by atoms with Gasteiger partial charge in [-0.1, -0.05) is 48.3 Å². The Kier molecular flexibility index (Phi) is 4.35. The largest absolute Gasteiger partial charge is 0.151 e. The molecule has 14 heavy (non-hydrogen) atoms. The zero-order chi connectivity index (χ0) is 10.8. The van der Waals surface area contributed by atoms with Crippen LogP contribution >= 0.6 is 39.3 Å². The molecule has 0 amide bonds. The molecule has 1 rings (SSSR count). The van der Waals surface area contributed by atoms with Crippen LogP contribution in [0.15, 0.2) is 22.7 Å². The molecule has 0 aliphatic rings. The van der Waals surface area contributed by atoms with E-state index in [1.54, 1.807) is 0 Å². The second-order valence-corrected chi connectivity index (χ2v) is 7.23. The van der Waals surface area contributed by atoms with Crippen molar-refractivity contribution in [2.75, 3.05) is 0 Å². The van der Waals surface area contributed by atoms with E-state index in [4.69, 9.17) is 11.6 Å². The standard InChI is InChI=1S/C11H14BrClS/c1-11(2,3)14-7-8-6-9(13)4-5-10(8)12/h4-6H,7H2,1-3H3. The number of hydrogen-bond acceptors (Lipinski definition) is 1. The summed E-state index contributed by atoms with van der Waals surface area (Å²) in [5, 5.41) is 0.803. The Labute approximate surface area is 104 Å². The molecule has 3 heteroatoms. The van der Waals surface area contributed by atoms with E-state index in [1.807, 2.05) is 30.0 Å². The smallest absolute Gasteiger partial charge is 0.0409 e. The summed E-state index contributed by atoms with van der Waals surface area (Å²) in [6.07, 6.45) is 0. The fraction of sp³-hybridized carbons (Fsp3) is 0.455. The third kappa shape index (κ3) is 4.24. The summed E-state index contributed by atoms with van der Waals surface area (Å²) < 4.78 is 1.43. The van der Waals surface area contributed by atoms with Crippen molar-refractivity contribution in [3.63, 3.8) is 0 Å². The number of hydrogen-bond donors (Lipinski definition) is 0. The van der Waals surface area contributed by atoms with Crippen molar-refractivity contribution in [3.8, 4) is 0 Å². The molecule has 0 saturated heterocycles. The summed E-state index contributed by atoms with van der Waals surface area (Å²) in [6, 6.07) is 5.92. The lowest BCUT2D eigenvalue weighted by atomic mass is 10.2. The maximum Gasteiger partial charge on any atom is 0.0409 e. The van der Waals surface area contributed by atoms with Crippen molar-refractivity contribution in [2.24, 2.45) is 0 Å². The van der Waals surface area contributed by atoms with Gasteiger partial charge in [0, 0.05) is 20.0 Å². The van der Waals surface area contributed by atoms with Crippen LogP contribution in [0.3, 0.4) is 0 Å². The van der Waals surface area contributed by atoms with E-state index in [2.05, 4.69) is 36.7 Å². The van der Waals surface area contributed by atoms with Gasteiger partial charge in [-0.15, -0.1) is 0 Å². The molecule has 0 N–H and O–H groups in total. The maximum atomic E-state index is 5.94. The fourth-order valence-electron chi connectivity index (χ4n) is 0.948. The second-order valence-electron chi connectivity index (χ2n) is 4.14. The van der Waals surface area contributed by atoms with Crippen molar-refractivity contribution in [3.05, 3.63) is 33.3 Å². The summed E-state index contributed by atoms with van der Waals surface area (Å²) in [4.78, 5) is 0. The van der Waals surface area contributed by atoms with E-state index in [0.29, 0.717) is 4.75 Å². The zero-order valence-electron chi connectivity index (χ0n) is 8.60. The van der Waals surface area contributed by atoms with E-state index in [1.165, 1.54) is 5.56 Å². The van der Waals surface area contributed by atoms with Crippen LogP contribution < -0.4 is 0 Å². The lowest BCUT2D eigenvalue weighted by Gasteiger charge is -2.18. The maximum absolute atomic E-state index is 5.94. The topological polar surface area (TPSA) is 0 Å². The van der Waals surface area contributed by atoms with Crippen molar-refractivity contribution in [1.82, 2.24) is 0 Å². The van der Waals surface area contributed by atoms with Crippen LogP contribution in [0, 0.1) is 0 Å². The quantitative estimate of drug-likeness (QED) is 0.728. The molecule has 78 valence electrons. The molecule has 0 saturated carbocycles. The highest BCUT2D eigenvalue weighted by atomic mass is 79.9. The Morgan fingerprint density at radius 2 is 2.00 bits per heavy atom. The Morgan fingerprint density at radius 3 is 2.57 bits per heavy atom. The molecule has 1 aromatic carbocycles. The zero-order valence-corrected chi connectivity index (χ0v) is 11.8. The summed E-state index contributed by atoms with van der Waals surface area (Å²) in [5.41, 5.74) is 1.26. The third-order valence-electron chi connectivity index (χ3n) is 1.67. The highest BCUT2D eigenvalue weighted by Crippen LogP contribution is 2.31. The molecule has 0 spiro atoms. The van der Waals surface area contributed by atoms with Crippen LogP contribution in [0.2, 0.25) is 5.02 Å². The van der Waals surface area contributed by atoms with Crippen molar-refractivity contribution < 1.29 is 0 Å². The van der Waals surface area contributed by atoms with Crippen LogP contribution in [0.25, 0.3) is 0 Å². The number of rotatable bonds is 2. The van der Waals surface area contributed by atoms with E-state index < -0.39 is 0 Å². The monoisotopic (exact) mass is 292 g/mol. The van der Waals surface area contributed by atoms with Gasteiger partial charge in [0.25, 0.3) is 0 Å². The van der Waals surface area contributed by atoms with E-state index in [0.717, 1.165) is 15.2 Å². The normalized spacial score (nSPS) is 11.8. The molecular formula is C11H14BrClS. The minimum atomic E-state index is 0.293. The highest BCUT2D eigenvalue weighted by molar-refractivity contribution is 9.10. The molecule has 0 atom stereocenters. The first kappa shape index (κ1) is 12.4. The molecule has 0 fully saturated rings. The van der Waals surface area contributed by atoms with Crippen LogP contribution in [-0.4, -0.2) is 4.75 Å². The van der Waals surface area contributed by atoms with Crippen molar-refractivity contribution in [2.45, 2.75) is 31.3 Å². The molecule has 0 heterocycles. The number of thioether (sulfide) groups is 1. The summed E-state index contributed by atoms with van der Waals surface area (Å²) >= 11 is 11.4. The predicted molar refractivity (Wildman–Crippen MR) is 70.2 cm³/mol. The molecule has 0 aromatic heterocycles. The second kappa shape index (κ2) is 4.91. The first-order valence-electron chi connectivity index (χ1n) is 4.46. The van der Waals surface area contributed by atoms with Crippen LogP contribution in [0.5, 0.6) is 0 Å². The van der Waals surface area contributed by atoms with Gasteiger partial charge in [0.15, 0.2) is 0 Å². The Morgan fingerprint density at radius 1 is 1.36 bits per heavy atom. The first-order valence-corrected chi connectivity index (χ1v) is 6.62. The molecule has 0 bridgehead atoms. The third-order valence-corrected chi connectivity index (χ3v) is 4.00. The minimum Gasteiger partial charge on any atom is -0.151 e.